The maximum Gasteiger partial charge on any atom is 0.265 e. The van der Waals surface area contributed by atoms with Crippen molar-refractivity contribution in [1.82, 2.24) is 10.6 Å². The first kappa shape index (κ1) is 19.8. The fourth-order valence-corrected chi connectivity index (χ4v) is 3.36. The van der Waals surface area contributed by atoms with E-state index < -0.39 is 0 Å². The lowest BCUT2D eigenvalue weighted by atomic mass is 10.1. The molecule has 2 aromatic carbocycles. The Hall–Kier alpha value is -2.96. The Balaban J connectivity index is 1.59. The maximum absolute atomic E-state index is 12.5. The van der Waals surface area contributed by atoms with E-state index >= 15 is 0 Å². The standard InChI is InChI=1S/C22H23N3O2S/c1-2-23-14-16-6-3-7-17(12-16)15-24-21(26)18-8-4-9-19(13-18)25-22(27)20-10-5-11-28-20/h3-13,23H,2,14-15H2,1H3,(H,24,26)(H,25,27). The quantitative estimate of drug-likeness (QED) is 0.541. The third-order valence-corrected chi connectivity index (χ3v) is 5.02. The molecule has 5 nitrogen and oxygen atoms in total. The lowest BCUT2D eigenvalue weighted by molar-refractivity contribution is 0.0949. The smallest absolute Gasteiger partial charge is 0.265 e. The van der Waals surface area contributed by atoms with E-state index in [0.29, 0.717) is 22.7 Å². The fourth-order valence-electron chi connectivity index (χ4n) is 2.74. The van der Waals surface area contributed by atoms with Crippen LogP contribution in [-0.2, 0) is 13.1 Å². The summed E-state index contributed by atoms with van der Waals surface area (Å²) >= 11 is 1.38. The van der Waals surface area contributed by atoms with Crippen LogP contribution in [0.3, 0.4) is 0 Å². The van der Waals surface area contributed by atoms with E-state index in [1.807, 2.05) is 23.6 Å². The summed E-state index contributed by atoms with van der Waals surface area (Å²) < 4.78 is 0. The molecule has 0 aliphatic rings. The molecular formula is C22H23N3O2S. The second kappa shape index (κ2) is 9.82. The third-order valence-electron chi connectivity index (χ3n) is 4.15. The van der Waals surface area contributed by atoms with Crippen LogP contribution in [-0.4, -0.2) is 18.4 Å². The number of nitrogens with one attached hydrogen (secondary N) is 3. The zero-order valence-corrected chi connectivity index (χ0v) is 16.5. The number of carbonyl (C=O) groups excluding carboxylic acids is 2. The summed E-state index contributed by atoms with van der Waals surface area (Å²) in [5.41, 5.74) is 3.34. The number of amides is 2. The van der Waals surface area contributed by atoms with Gasteiger partial charge in [-0.15, -0.1) is 11.3 Å². The zero-order valence-electron chi connectivity index (χ0n) is 15.7. The van der Waals surface area contributed by atoms with Gasteiger partial charge in [-0.05, 0) is 47.3 Å². The molecule has 3 N–H and O–H groups in total. The Morgan fingerprint density at radius 3 is 2.43 bits per heavy atom. The minimum atomic E-state index is -0.177. The van der Waals surface area contributed by atoms with Crippen molar-refractivity contribution >= 4 is 28.8 Å². The lowest BCUT2D eigenvalue weighted by Gasteiger charge is -2.09. The molecule has 144 valence electrons. The van der Waals surface area contributed by atoms with Crippen molar-refractivity contribution in [2.75, 3.05) is 11.9 Å². The van der Waals surface area contributed by atoms with Gasteiger partial charge in [0.1, 0.15) is 0 Å². The van der Waals surface area contributed by atoms with Crippen LogP contribution >= 0.6 is 11.3 Å². The molecule has 3 aromatic rings. The van der Waals surface area contributed by atoms with Crippen molar-refractivity contribution < 1.29 is 9.59 Å². The molecule has 0 aliphatic heterocycles. The summed E-state index contributed by atoms with van der Waals surface area (Å²) in [6.07, 6.45) is 0. The van der Waals surface area contributed by atoms with Crippen molar-refractivity contribution in [3.63, 3.8) is 0 Å². The highest BCUT2D eigenvalue weighted by Crippen LogP contribution is 2.15. The SMILES string of the molecule is CCNCc1cccc(CNC(=O)c2cccc(NC(=O)c3cccs3)c2)c1. The first-order chi connectivity index (χ1) is 13.7. The molecule has 3 rings (SSSR count). The summed E-state index contributed by atoms with van der Waals surface area (Å²) in [6.45, 7) is 4.25. The predicted octanol–water partition coefficient (Wildman–Crippen LogP) is 4.04. The van der Waals surface area contributed by atoms with Gasteiger partial charge < -0.3 is 16.0 Å². The second-order valence-corrected chi connectivity index (χ2v) is 7.24. The van der Waals surface area contributed by atoms with Gasteiger partial charge in [0, 0.05) is 24.3 Å². The van der Waals surface area contributed by atoms with Gasteiger partial charge in [-0.3, -0.25) is 9.59 Å². The van der Waals surface area contributed by atoms with Gasteiger partial charge >= 0.3 is 0 Å². The molecule has 0 fully saturated rings. The number of rotatable bonds is 8. The summed E-state index contributed by atoms with van der Waals surface area (Å²) in [5.74, 6) is -0.352. The van der Waals surface area contributed by atoms with Crippen molar-refractivity contribution in [1.29, 1.82) is 0 Å². The van der Waals surface area contributed by atoms with Crippen LogP contribution in [0.15, 0.2) is 66.0 Å². The van der Waals surface area contributed by atoms with Crippen LogP contribution in [0.1, 0.15) is 38.1 Å². The first-order valence-corrected chi connectivity index (χ1v) is 10.1. The number of benzene rings is 2. The van der Waals surface area contributed by atoms with Crippen molar-refractivity contribution in [3.05, 3.63) is 87.6 Å². The number of hydrogen-bond acceptors (Lipinski definition) is 4. The molecule has 28 heavy (non-hydrogen) atoms. The van der Waals surface area contributed by atoms with E-state index in [0.717, 1.165) is 18.7 Å². The summed E-state index contributed by atoms with van der Waals surface area (Å²) in [5, 5.41) is 10.9. The van der Waals surface area contributed by atoms with E-state index in [4.69, 9.17) is 0 Å². The summed E-state index contributed by atoms with van der Waals surface area (Å²) in [7, 11) is 0. The van der Waals surface area contributed by atoms with E-state index in [2.05, 4.69) is 35.0 Å². The van der Waals surface area contributed by atoms with Crippen LogP contribution in [0.2, 0.25) is 0 Å². The van der Waals surface area contributed by atoms with E-state index in [1.54, 1.807) is 30.3 Å². The van der Waals surface area contributed by atoms with Crippen molar-refractivity contribution in [2.45, 2.75) is 20.0 Å². The predicted molar refractivity (Wildman–Crippen MR) is 114 cm³/mol. The van der Waals surface area contributed by atoms with Gasteiger partial charge in [-0.25, -0.2) is 0 Å². The Kier molecular flexibility index (Phi) is 6.94. The number of carbonyl (C=O) groups is 2. The highest BCUT2D eigenvalue weighted by atomic mass is 32.1. The second-order valence-electron chi connectivity index (χ2n) is 6.30. The minimum absolute atomic E-state index is 0.176. The molecule has 1 aromatic heterocycles. The highest BCUT2D eigenvalue weighted by Gasteiger charge is 2.10. The zero-order chi connectivity index (χ0) is 19.8. The Bertz CT molecular complexity index is 938. The van der Waals surface area contributed by atoms with Gasteiger partial charge in [0.15, 0.2) is 0 Å². The third kappa shape index (κ3) is 5.52. The van der Waals surface area contributed by atoms with Gasteiger partial charge in [0.25, 0.3) is 11.8 Å². The van der Waals surface area contributed by atoms with Gasteiger partial charge in [0.05, 0.1) is 4.88 Å². The van der Waals surface area contributed by atoms with Crippen molar-refractivity contribution in [3.8, 4) is 0 Å². The Labute approximate surface area is 168 Å². The molecule has 0 radical (unpaired) electrons. The molecule has 0 aliphatic carbocycles. The summed E-state index contributed by atoms with van der Waals surface area (Å²) in [4.78, 5) is 25.3. The molecule has 0 spiro atoms. The van der Waals surface area contributed by atoms with E-state index in [1.165, 1.54) is 16.9 Å². The van der Waals surface area contributed by atoms with Crippen LogP contribution in [0.25, 0.3) is 0 Å². The van der Waals surface area contributed by atoms with Gasteiger partial charge in [-0.2, -0.15) is 0 Å². The number of anilines is 1. The fraction of sp³-hybridized carbons (Fsp3) is 0.182. The Morgan fingerprint density at radius 1 is 0.893 bits per heavy atom. The number of hydrogen-bond donors (Lipinski definition) is 3. The topological polar surface area (TPSA) is 70.2 Å². The molecule has 2 amide bonds. The molecule has 6 heteroatoms. The first-order valence-electron chi connectivity index (χ1n) is 9.17. The highest BCUT2D eigenvalue weighted by molar-refractivity contribution is 7.12. The van der Waals surface area contributed by atoms with Crippen LogP contribution < -0.4 is 16.0 Å². The van der Waals surface area contributed by atoms with Crippen molar-refractivity contribution in [2.24, 2.45) is 0 Å². The summed E-state index contributed by atoms with van der Waals surface area (Å²) in [6, 6.07) is 18.7. The van der Waals surface area contributed by atoms with E-state index in [-0.39, 0.29) is 11.8 Å². The normalized spacial score (nSPS) is 10.5. The molecular weight excluding hydrogens is 370 g/mol. The van der Waals surface area contributed by atoms with Crippen LogP contribution in [0, 0.1) is 0 Å². The van der Waals surface area contributed by atoms with Gasteiger partial charge in [0.2, 0.25) is 0 Å². The molecule has 0 bridgehead atoms. The average Bonchev–Trinajstić information content (AvgIpc) is 3.26. The maximum atomic E-state index is 12.5. The van der Waals surface area contributed by atoms with Crippen LogP contribution in [0.4, 0.5) is 5.69 Å². The lowest BCUT2D eigenvalue weighted by Crippen LogP contribution is -2.23. The number of thiophene rings is 1. The van der Waals surface area contributed by atoms with Gasteiger partial charge in [-0.1, -0.05) is 43.3 Å². The average molecular weight is 394 g/mol. The minimum Gasteiger partial charge on any atom is -0.348 e. The molecule has 0 saturated heterocycles. The monoisotopic (exact) mass is 393 g/mol. The Morgan fingerprint density at radius 2 is 1.68 bits per heavy atom. The molecule has 0 unspecified atom stereocenters. The van der Waals surface area contributed by atoms with E-state index in [9.17, 15) is 9.59 Å². The largest absolute Gasteiger partial charge is 0.348 e. The molecule has 0 saturated carbocycles. The van der Waals surface area contributed by atoms with Crippen LogP contribution in [0.5, 0.6) is 0 Å². The molecule has 1 heterocycles. The molecule has 0 atom stereocenters.